The second-order valence-electron chi connectivity index (χ2n) is 6.05. The Bertz CT molecular complexity index is 858. The van der Waals surface area contributed by atoms with Crippen molar-refractivity contribution in [2.45, 2.75) is 6.54 Å². The molecule has 0 atom stereocenters. The SMILES string of the molecule is COc1ccc(CNc2nc(Cl)cc(N3CCOCC3)c2[N+](=O)[O-])c(OC)c1. The van der Waals surface area contributed by atoms with Crippen molar-refractivity contribution in [3.63, 3.8) is 0 Å². The lowest BCUT2D eigenvalue weighted by Crippen LogP contribution is -2.36. The maximum atomic E-state index is 11.8. The summed E-state index contributed by atoms with van der Waals surface area (Å²) in [6.45, 7) is 2.37. The molecule has 3 rings (SSSR count). The molecular weight excluding hydrogens is 388 g/mol. The minimum absolute atomic E-state index is 0.108. The number of hydrogen-bond acceptors (Lipinski definition) is 8. The van der Waals surface area contributed by atoms with Gasteiger partial charge < -0.3 is 24.4 Å². The van der Waals surface area contributed by atoms with Crippen molar-refractivity contribution >= 4 is 28.8 Å². The van der Waals surface area contributed by atoms with Gasteiger partial charge in [0.15, 0.2) is 0 Å². The molecule has 0 saturated carbocycles. The summed E-state index contributed by atoms with van der Waals surface area (Å²) >= 11 is 6.15. The highest BCUT2D eigenvalue weighted by Gasteiger charge is 2.27. The number of halogens is 1. The van der Waals surface area contributed by atoms with E-state index in [0.717, 1.165) is 5.56 Å². The summed E-state index contributed by atoms with van der Waals surface area (Å²) in [4.78, 5) is 17.4. The van der Waals surface area contributed by atoms with E-state index in [1.807, 2.05) is 11.0 Å². The molecule has 1 aliphatic rings. The number of benzene rings is 1. The molecule has 10 heteroatoms. The van der Waals surface area contributed by atoms with Crippen LogP contribution in [0, 0.1) is 10.1 Å². The standard InChI is InChI=1S/C18H21ClN4O5/c1-26-13-4-3-12(15(9-13)27-2)11-20-18-17(23(24)25)14(10-16(19)21-18)22-5-7-28-8-6-22/h3-4,9-10H,5-8,11H2,1-2H3,(H,20,21). The number of pyridine rings is 1. The van der Waals surface area contributed by atoms with E-state index in [1.165, 1.54) is 6.07 Å². The molecule has 0 radical (unpaired) electrons. The number of methoxy groups -OCH3 is 2. The lowest BCUT2D eigenvalue weighted by atomic mass is 10.2. The highest BCUT2D eigenvalue weighted by atomic mass is 35.5. The molecule has 1 fully saturated rings. The topological polar surface area (TPSA) is 99.0 Å². The van der Waals surface area contributed by atoms with Gasteiger partial charge in [-0.3, -0.25) is 10.1 Å². The first-order valence-corrected chi connectivity index (χ1v) is 9.03. The molecule has 0 aliphatic carbocycles. The highest BCUT2D eigenvalue weighted by Crippen LogP contribution is 2.37. The number of nitrogens with one attached hydrogen (secondary N) is 1. The largest absolute Gasteiger partial charge is 0.497 e. The fourth-order valence-corrected chi connectivity index (χ4v) is 3.21. The van der Waals surface area contributed by atoms with Gasteiger partial charge in [0.2, 0.25) is 5.82 Å². The molecule has 1 aliphatic heterocycles. The minimum atomic E-state index is -0.443. The van der Waals surface area contributed by atoms with Gasteiger partial charge in [-0.25, -0.2) is 4.98 Å². The molecule has 0 amide bonds. The molecule has 0 bridgehead atoms. The van der Waals surface area contributed by atoms with E-state index < -0.39 is 4.92 Å². The van der Waals surface area contributed by atoms with E-state index >= 15 is 0 Å². The van der Waals surface area contributed by atoms with Crippen LogP contribution in [0.1, 0.15) is 5.56 Å². The maximum Gasteiger partial charge on any atom is 0.334 e. The van der Waals surface area contributed by atoms with Crippen LogP contribution in [0.25, 0.3) is 0 Å². The number of nitro groups is 1. The van der Waals surface area contributed by atoms with Crippen LogP contribution in [-0.2, 0) is 11.3 Å². The molecule has 28 heavy (non-hydrogen) atoms. The molecule has 1 aromatic carbocycles. The van der Waals surface area contributed by atoms with E-state index in [0.29, 0.717) is 43.5 Å². The van der Waals surface area contributed by atoms with Crippen molar-refractivity contribution in [2.75, 3.05) is 50.7 Å². The van der Waals surface area contributed by atoms with E-state index in [2.05, 4.69) is 10.3 Å². The molecule has 1 saturated heterocycles. The number of morpholine rings is 1. The first kappa shape index (κ1) is 20.0. The van der Waals surface area contributed by atoms with Crippen LogP contribution in [0.5, 0.6) is 11.5 Å². The van der Waals surface area contributed by atoms with Crippen LogP contribution in [0.3, 0.4) is 0 Å². The summed E-state index contributed by atoms with van der Waals surface area (Å²) in [5.74, 6) is 1.36. The predicted molar refractivity (Wildman–Crippen MR) is 106 cm³/mol. The lowest BCUT2D eigenvalue weighted by Gasteiger charge is -2.28. The zero-order valence-corrected chi connectivity index (χ0v) is 16.4. The van der Waals surface area contributed by atoms with Gasteiger partial charge >= 0.3 is 5.69 Å². The quantitative estimate of drug-likeness (QED) is 0.424. The summed E-state index contributed by atoms with van der Waals surface area (Å²) < 4.78 is 15.9. The van der Waals surface area contributed by atoms with Crippen LogP contribution < -0.4 is 19.7 Å². The monoisotopic (exact) mass is 408 g/mol. The van der Waals surface area contributed by atoms with Crippen molar-refractivity contribution in [3.8, 4) is 11.5 Å². The Kier molecular flexibility index (Phi) is 6.37. The smallest absolute Gasteiger partial charge is 0.334 e. The molecule has 2 heterocycles. The minimum Gasteiger partial charge on any atom is -0.497 e. The Morgan fingerprint density at radius 2 is 2.04 bits per heavy atom. The first-order valence-electron chi connectivity index (χ1n) is 8.66. The number of nitrogens with zero attached hydrogens (tertiary/aromatic N) is 3. The van der Waals surface area contributed by atoms with Crippen molar-refractivity contribution in [2.24, 2.45) is 0 Å². The van der Waals surface area contributed by atoms with Gasteiger partial charge in [0.1, 0.15) is 22.3 Å². The number of hydrogen-bond donors (Lipinski definition) is 1. The molecule has 1 N–H and O–H groups in total. The summed E-state index contributed by atoms with van der Waals surface area (Å²) in [7, 11) is 3.12. The van der Waals surface area contributed by atoms with Crippen LogP contribution in [0.2, 0.25) is 5.15 Å². The fourth-order valence-electron chi connectivity index (χ4n) is 3.02. The summed E-state index contributed by atoms with van der Waals surface area (Å²) in [6.07, 6.45) is 0. The number of aromatic nitrogens is 1. The Morgan fingerprint density at radius 3 is 2.68 bits per heavy atom. The lowest BCUT2D eigenvalue weighted by molar-refractivity contribution is -0.383. The zero-order valence-electron chi connectivity index (χ0n) is 15.6. The van der Waals surface area contributed by atoms with Gasteiger partial charge in [0, 0.05) is 37.3 Å². The van der Waals surface area contributed by atoms with Gasteiger partial charge in [0.25, 0.3) is 0 Å². The van der Waals surface area contributed by atoms with Crippen LogP contribution in [0.4, 0.5) is 17.2 Å². The summed E-state index contributed by atoms with van der Waals surface area (Å²) in [5.41, 5.74) is 1.11. The molecule has 2 aromatic rings. The Labute approximate surface area is 167 Å². The normalized spacial score (nSPS) is 13.9. The van der Waals surface area contributed by atoms with Crippen molar-refractivity contribution in [1.82, 2.24) is 4.98 Å². The molecule has 0 unspecified atom stereocenters. The second kappa shape index (κ2) is 8.94. The predicted octanol–water partition coefficient (Wildman–Crippen LogP) is 3.11. The third-order valence-corrected chi connectivity index (χ3v) is 4.61. The molecule has 9 nitrogen and oxygen atoms in total. The van der Waals surface area contributed by atoms with Gasteiger partial charge in [-0.05, 0) is 12.1 Å². The number of anilines is 2. The highest BCUT2D eigenvalue weighted by molar-refractivity contribution is 6.30. The van der Waals surface area contributed by atoms with Gasteiger partial charge in [-0.1, -0.05) is 11.6 Å². The average molecular weight is 409 g/mol. The van der Waals surface area contributed by atoms with E-state index in [-0.39, 0.29) is 23.2 Å². The molecule has 150 valence electrons. The Balaban J connectivity index is 1.91. The fraction of sp³-hybridized carbons (Fsp3) is 0.389. The van der Waals surface area contributed by atoms with Crippen molar-refractivity contribution < 1.29 is 19.1 Å². The van der Waals surface area contributed by atoms with Crippen LogP contribution in [0.15, 0.2) is 24.3 Å². The maximum absolute atomic E-state index is 11.8. The first-order chi connectivity index (χ1) is 13.5. The van der Waals surface area contributed by atoms with Crippen molar-refractivity contribution in [3.05, 3.63) is 45.1 Å². The Hall–Kier alpha value is -2.78. The third kappa shape index (κ3) is 4.37. The zero-order chi connectivity index (χ0) is 20.1. The number of ether oxygens (including phenoxy) is 3. The van der Waals surface area contributed by atoms with Gasteiger partial charge in [0.05, 0.1) is 32.4 Å². The van der Waals surface area contributed by atoms with Gasteiger partial charge in [-0.2, -0.15) is 0 Å². The average Bonchev–Trinajstić information content (AvgIpc) is 2.71. The van der Waals surface area contributed by atoms with Gasteiger partial charge in [-0.15, -0.1) is 0 Å². The van der Waals surface area contributed by atoms with E-state index in [1.54, 1.807) is 26.4 Å². The van der Waals surface area contributed by atoms with Crippen LogP contribution in [-0.4, -0.2) is 50.4 Å². The van der Waals surface area contributed by atoms with E-state index in [4.69, 9.17) is 25.8 Å². The summed E-state index contributed by atoms with van der Waals surface area (Å²) in [5, 5.41) is 15.0. The second-order valence-corrected chi connectivity index (χ2v) is 6.44. The molecular formula is C18H21ClN4O5. The van der Waals surface area contributed by atoms with E-state index in [9.17, 15) is 10.1 Å². The van der Waals surface area contributed by atoms with Crippen molar-refractivity contribution in [1.29, 1.82) is 0 Å². The third-order valence-electron chi connectivity index (χ3n) is 4.42. The molecule has 0 spiro atoms. The Morgan fingerprint density at radius 1 is 1.29 bits per heavy atom. The van der Waals surface area contributed by atoms with Crippen LogP contribution >= 0.6 is 11.6 Å². The summed E-state index contributed by atoms with van der Waals surface area (Å²) in [6, 6.07) is 6.88. The number of rotatable bonds is 7. The molecule has 1 aromatic heterocycles.